The summed E-state index contributed by atoms with van der Waals surface area (Å²) < 4.78 is 105. The number of carbonyl (C=O) groups is 1. The average molecular weight is 294 g/mol. The maximum Gasteiger partial charge on any atom is 0.464 e. The number of alkyl halides is 6. The average Bonchev–Trinajstić information content (AvgIpc) is 1.98. The number of halogens is 7. The van der Waals surface area contributed by atoms with Gasteiger partial charge in [0.1, 0.15) is 0 Å². The highest BCUT2D eigenvalue weighted by atomic mass is 32.3. The van der Waals surface area contributed by atoms with Gasteiger partial charge < -0.3 is 5.11 Å². The second-order valence-electron chi connectivity index (χ2n) is 2.40. The highest BCUT2D eigenvalue weighted by Gasteiger charge is 2.72. The number of rotatable bonds is 5. The molecule has 0 fully saturated rings. The fraction of sp³-hybridized carbons (Fsp3) is 0.750. The number of carboxylic acid groups (broad SMARTS) is 1. The van der Waals surface area contributed by atoms with Crippen LogP contribution >= 0.6 is 0 Å². The van der Waals surface area contributed by atoms with E-state index in [1.54, 1.807) is 0 Å². The molecule has 13 heteroatoms. The van der Waals surface area contributed by atoms with Crippen LogP contribution in [0.1, 0.15) is 0 Å². The predicted molar refractivity (Wildman–Crippen MR) is 33.6 cm³/mol. The quantitative estimate of drug-likeness (QED) is 0.608. The molecule has 0 bridgehead atoms. The first kappa shape index (κ1) is 15.9. The molecule has 0 aromatic rings. The van der Waals surface area contributed by atoms with E-state index in [0.717, 1.165) is 0 Å². The summed E-state index contributed by atoms with van der Waals surface area (Å²) >= 11 is 0. The van der Waals surface area contributed by atoms with Crippen molar-refractivity contribution in [2.45, 2.75) is 17.5 Å². The zero-order valence-electron chi connectivity index (χ0n) is 7.13. The minimum atomic E-state index is -7.29. The number of carboxylic acids is 1. The fourth-order valence-electron chi connectivity index (χ4n) is 0.406. The molecule has 0 saturated carbocycles. The molecular formula is C4HF7O5S. The molecule has 0 unspecified atom stereocenters. The smallest absolute Gasteiger partial charge is 0.464 e. The first-order chi connectivity index (χ1) is 7.15. The second-order valence-corrected chi connectivity index (χ2v) is 3.78. The van der Waals surface area contributed by atoms with E-state index in [9.17, 15) is 43.4 Å². The Morgan fingerprint density at radius 3 is 1.65 bits per heavy atom. The van der Waals surface area contributed by atoms with Crippen molar-refractivity contribution in [1.82, 2.24) is 0 Å². The summed E-state index contributed by atoms with van der Waals surface area (Å²) in [7, 11) is -7.29. The van der Waals surface area contributed by atoms with Crippen molar-refractivity contribution in [3.05, 3.63) is 0 Å². The summed E-state index contributed by atoms with van der Waals surface area (Å²) in [5.74, 6) is -3.40. The molecule has 0 spiro atoms. The molecule has 0 aliphatic rings. The molecule has 1 N–H and O–H groups in total. The molecule has 0 aliphatic heterocycles. The van der Waals surface area contributed by atoms with E-state index >= 15 is 0 Å². The molecule has 0 rings (SSSR count). The molecule has 5 nitrogen and oxygen atoms in total. The van der Waals surface area contributed by atoms with Crippen molar-refractivity contribution in [1.29, 1.82) is 0 Å². The van der Waals surface area contributed by atoms with Crippen molar-refractivity contribution in [2.75, 3.05) is 0 Å². The van der Waals surface area contributed by atoms with Gasteiger partial charge in [0.25, 0.3) is 0 Å². The Hall–Kier alpha value is -1.11. The van der Waals surface area contributed by atoms with Crippen LogP contribution in [0.15, 0.2) is 0 Å². The van der Waals surface area contributed by atoms with Crippen LogP contribution in [-0.2, 0) is 19.8 Å². The van der Waals surface area contributed by atoms with E-state index in [-0.39, 0.29) is 0 Å². The Morgan fingerprint density at radius 1 is 1.06 bits per heavy atom. The Balaban J connectivity index is 5.39. The maximum absolute atomic E-state index is 12.2. The van der Waals surface area contributed by atoms with Crippen LogP contribution in [0.25, 0.3) is 0 Å². The lowest BCUT2D eigenvalue weighted by atomic mass is 10.6. The van der Waals surface area contributed by atoms with Crippen LogP contribution in [0.5, 0.6) is 0 Å². The highest BCUT2D eigenvalue weighted by molar-refractivity contribution is 7.87. The van der Waals surface area contributed by atoms with E-state index in [0.29, 0.717) is 0 Å². The van der Waals surface area contributed by atoms with Crippen molar-refractivity contribution in [2.24, 2.45) is 0 Å². The zero-order valence-corrected chi connectivity index (χ0v) is 7.95. The van der Waals surface area contributed by atoms with E-state index in [1.807, 2.05) is 4.74 Å². The maximum atomic E-state index is 12.2. The lowest BCUT2D eigenvalue weighted by molar-refractivity contribution is -0.402. The van der Waals surface area contributed by atoms with Crippen LogP contribution < -0.4 is 0 Å². The van der Waals surface area contributed by atoms with Gasteiger partial charge in [-0.05, 0) is 0 Å². The predicted octanol–water partition coefficient (Wildman–Crippen LogP) is 1.17. The van der Waals surface area contributed by atoms with Crippen LogP contribution in [0.3, 0.4) is 0 Å². The third kappa shape index (κ3) is 2.96. The van der Waals surface area contributed by atoms with Crippen LogP contribution in [0.2, 0.25) is 0 Å². The number of hydrogen-bond acceptors (Lipinski definition) is 4. The molecule has 0 heterocycles. The highest BCUT2D eigenvalue weighted by Crippen LogP contribution is 2.43. The topological polar surface area (TPSA) is 80.7 Å². The van der Waals surface area contributed by atoms with Crippen molar-refractivity contribution in [3.8, 4) is 0 Å². The van der Waals surface area contributed by atoms with Gasteiger partial charge in [0.15, 0.2) is 0 Å². The van der Waals surface area contributed by atoms with E-state index in [4.69, 9.17) is 5.11 Å². The second kappa shape index (κ2) is 3.97. The van der Waals surface area contributed by atoms with E-state index < -0.39 is 33.7 Å². The molecule has 0 aromatic carbocycles. The molecule has 0 atom stereocenters. The Bertz CT molecular complexity index is 414. The molecule has 0 radical (unpaired) electrons. The number of hydrogen-bond donors (Lipinski definition) is 1. The van der Waals surface area contributed by atoms with Crippen molar-refractivity contribution < 1.29 is 53.3 Å². The molecule has 0 amide bonds. The molecule has 17 heavy (non-hydrogen) atoms. The largest absolute Gasteiger partial charge is 0.475 e. The summed E-state index contributed by atoms with van der Waals surface area (Å²) in [6.07, 6.45) is -12.4. The van der Waals surface area contributed by atoms with Gasteiger partial charge in [-0.15, -0.1) is 0 Å². The third-order valence-corrected chi connectivity index (χ3v) is 2.00. The summed E-state index contributed by atoms with van der Waals surface area (Å²) in [5.41, 5.74) is 0. The number of aliphatic carboxylic acids is 1. The van der Waals surface area contributed by atoms with Gasteiger partial charge >= 0.3 is 33.7 Å². The minimum absolute atomic E-state index is 1.84. The lowest BCUT2D eigenvalue weighted by Gasteiger charge is -2.24. The summed E-state index contributed by atoms with van der Waals surface area (Å²) in [6, 6.07) is 0. The van der Waals surface area contributed by atoms with Gasteiger partial charge in [-0.2, -0.15) is 34.8 Å². The molecule has 0 aromatic heterocycles. The van der Waals surface area contributed by atoms with Gasteiger partial charge in [0, 0.05) is 0 Å². The minimum Gasteiger partial charge on any atom is -0.475 e. The lowest BCUT2D eigenvalue weighted by Crippen LogP contribution is -2.52. The van der Waals surface area contributed by atoms with Gasteiger partial charge in [-0.25, -0.2) is 9.53 Å². The zero-order chi connectivity index (χ0) is 14.3. The number of ether oxygens (including phenoxy) is 1. The van der Waals surface area contributed by atoms with Crippen LogP contribution in [0, 0.1) is 0 Å². The van der Waals surface area contributed by atoms with Gasteiger partial charge in [0.05, 0.1) is 0 Å². The molecule has 0 aliphatic carbocycles. The Labute approximate surface area is 88.0 Å². The first-order valence-corrected chi connectivity index (χ1v) is 4.55. The Morgan fingerprint density at radius 2 is 1.41 bits per heavy atom. The van der Waals surface area contributed by atoms with Gasteiger partial charge in [-0.1, -0.05) is 3.89 Å². The van der Waals surface area contributed by atoms with E-state index in [1.165, 1.54) is 0 Å². The summed E-state index contributed by atoms with van der Waals surface area (Å²) in [5, 5.41) is 0.909. The van der Waals surface area contributed by atoms with Gasteiger partial charge in [0.2, 0.25) is 0 Å². The van der Waals surface area contributed by atoms with Crippen LogP contribution in [-0.4, -0.2) is 37.0 Å². The Kier molecular flexibility index (Phi) is 3.71. The molecule has 0 saturated heterocycles. The molecule has 102 valence electrons. The summed E-state index contributed by atoms with van der Waals surface area (Å²) in [6.45, 7) is 0. The first-order valence-electron chi connectivity index (χ1n) is 3.16. The normalized spacial score (nSPS) is 14.8. The third-order valence-electron chi connectivity index (χ3n) is 1.15. The SMILES string of the molecule is O=C(O)C(F)(F)OC(F)(F)C(F)(F)S(=O)(=O)F. The van der Waals surface area contributed by atoms with Crippen LogP contribution in [0.4, 0.5) is 30.2 Å². The van der Waals surface area contributed by atoms with Gasteiger partial charge in [-0.3, -0.25) is 0 Å². The van der Waals surface area contributed by atoms with E-state index in [2.05, 4.69) is 0 Å². The van der Waals surface area contributed by atoms with Crippen molar-refractivity contribution in [3.63, 3.8) is 0 Å². The standard InChI is InChI=1S/C4HF7O5S/c5-2(6,1(12)13)16-3(7,8)4(9,10)17(11,14)15/h(H,12,13). The molecular weight excluding hydrogens is 293 g/mol. The monoisotopic (exact) mass is 294 g/mol. The summed E-state index contributed by atoms with van der Waals surface area (Å²) in [4.78, 5) is 9.58. The van der Waals surface area contributed by atoms with Crippen molar-refractivity contribution >= 4 is 16.2 Å². The fourth-order valence-corrected chi connectivity index (χ4v) is 0.731.